The van der Waals surface area contributed by atoms with E-state index in [1.54, 1.807) is 0 Å². The van der Waals surface area contributed by atoms with Gasteiger partial charge in [0, 0.05) is 16.7 Å². The maximum Gasteiger partial charge on any atom is 0.0936 e. The Morgan fingerprint density at radius 1 is 1.50 bits per heavy atom. The van der Waals surface area contributed by atoms with E-state index in [4.69, 9.17) is 11.6 Å². The largest absolute Gasteiger partial charge is 0.246 e. The number of alkyl halides is 1. The lowest BCUT2D eigenvalue weighted by Crippen LogP contribution is -2.15. The average Bonchev–Trinajstić information content (AvgIpc) is 2.78. The highest BCUT2D eigenvalue weighted by Gasteiger charge is 2.47. The Bertz CT molecular complexity index is 320. The van der Waals surface area contributed by atoms with Crippen molar-refractivity contribution in [3.05, 3.63) is 15.6 Å². The second-order valence-corrected chi connectivity index (χ2v) is 6.35. The molecule has 14 heavy (non-hydrogen) atoms. The Balaban J connectivity index is 2.11. The fraction of sp³-hybridized carbons (Fsp3) is 0.727. The van der Waals surface area contributed by atoms with Gasteiger partial charge in [-0.2, -0.15) is 0 Å². The van der Waals surface area contributed by atoms with Crippen LogP contribution in [-0.2, 0) is 6.42 Å². The third-order valence-corrected chi connectivity index (χ3v) is 4.85. The molecule has 1 atom stereocenters. The van der Waals surface area contributed by atoms with Gasteiger partial charge in [0.05, 0.1) is 10.7 Å². The second kappa shape index (κ2) is 3.49. The summed E-state index contributed by atoms with van der Waals surface area (Å²) in [6.07, 6.45) is 3.63. The van der Waals surface area contributed by atoms with Gasteiger partial charge < -0.3 is 0 Å². The van der Waals surface area contributed by atoms with Crippen LogP contribution in [0.2, 0.25) is 0 Å². The molecule has 2 rings (SSSR count). The molecule has 0 spiro atoms. The number of aromatic nitrogens is 1. The summed E-state index contributed by atoms with van der Waals surface area (Å²) in [5.41, 5.74) is 1.56. The number of hydrogen-bond donors (Lipinski definition) is 0. The molecule has 1 aliphatic rings. The summed E-state index contributed by atoms with van der Waals surface area (Å²) in [6, 6.07) is 0. The van der Waals surface area contributed by atoms with Crippen molar-refractivity contribution in [2.45, 2.75) is 45.4 Å². The van der Waals surface area contributed by atoms with Crippen LogP contribution in [0.5, 0.6) is 0 Å². The van der Waals surface area contributed by atoms with E-state index < -0.39 is 0 Å². The molecule has 78 valence electrons. The predicted octanol–water partition coefficient (Wildman–Crippen LogP) is 3.71. The van der Waals surface area contributed by atoms with Gasteiger partial charge in [0.2, 0.25) is 0 Å². The molecular weight excluding hydrogens is 214 g/mol. The molecule has 0 radical (unpaired) electrons. The van der Waals surface area contributed by atoms with E-state index in [2.05, 4.69) is 25.8 Å². The lowest BCUT2D eigenvalue weighted by molar-refractivity contribution is 0.495. The van der Waals surface area contributed by atoms with Crippen LogP contribution in [0.3, 0.4) is 0 Å². The van der Waals surface area contributed by atoms with Crippen LogP contribution >= 0.6 is 22.9 Å². The first-order valence-electron chi connectivity index (χ1n) is 5.10. The maximum atomic E-state index is 6.21. The molecule has 1 nitrogen and oxygen atoms in total. The van der Waals surface area contributed by atoms with Crippen molar-refractivity contribution in [1.29, 1.82) is 0 Å². The van der Waals surface area contributed by atoms with Gasteiger partial charge in [0.25, 0.3) is 0 Å². The minimum atomic E-state index is 0.284. The third kappa shape index (κ3) is 1.82. The molecule has 0 N–H and O–H groups in total. The van der Waals surface area contributed by atoms with E-state index in [1.807, 2.05) is 11.3 Å². The van der Waals surface area contributed by atoms with Crippen LogP contribution < -0.4 is 0 Å². The van der Waals surface area contributed by atoms with Crippen LogP contribution in [-0.4, -0.2) is 10.4 Å². The molecule has 1 heterocycles. The van der Waals surface area contributed by atoms with Gasteiger partial charge in [-0.3, -0.25) is 0 Å². The topological polar surface area (TPSA) is 12.9 Å². The Morgan fingerprint density at radius 3 is 2.50 bits per heavy atom. The summed E-state index contributed by atoms with van der Waals surface area (Å²) in [7, 11) is 0. The molecule has 1 aromatic heterocycles. The molecular formula is C11H16ClNS. The van der Waals surface area contributed by atoms with E-state index in [0.717, 1.165) is 6.42 Å². The number of thiazole rings is 1. The van der Waals surface area contributed by atoms with Crippen LogP contribution in [0.4, 0.5) is 0 Å². The van der Waals surface area contributed by atoms with Crippen LogP contribution in [0.1, 0.15) is 35.3 Å². The van der Waals surface area contributed by atoms with E-state index in [0.29, 0.717) is 5.41 Å². The van der Waals surface area contributed by atoms with Crippen LogP contribution in [0.15, 0.2) is 0 Å². The predicted molar refractivity (Wildman–Crippen MR) is 62.3 cm³/mol. The highest BCUT2D eigenvalue weighted by molar-refractivity contribution is 7.11. The van der Waals surface area contributed by atoms with Crippen molar-refractivity contribution < 1.29 is 0 Å². The number of nitrogens with zero attached hydrogens (tertiary/aromatic N) is 1. The van der Waals surface area contributed by atoms with Crippen molar-refractivity contribution in [1.82, 2.24) is 4.98 Å². The van der Waals surface area contributed by atoms with E-state index in [1.165, 1.54) is 28.4 Å². The summed E-state index contributed by atoms with van der Waals surface area (Å²) >= 11 is 8.03. The first-order chi connectivity index (χ1) is 6.53. The molecule has 1 fully saturated rings. The minimum absolute atomic E-state index is 0.284. The first-order valence-corrected chi connectivity index (χ1v) is 6.36. The smallest absolute Gasteiger partial charge is 0.0936 e. The second-order valence-electron chi connectivity index (χ2n) is 4.40. The van der Waals surface area contributed by atoms with Crippen molar-refractivity contribution in [3.8, 4) is 0 Å². The first kappa shape index (κ1) is 10.4. The molecule has 3 heteroatoms. The molecule has 1 unspecified atom stereocenters. The van der Waals surface area contributed by atoms with Gasteiger partial charge in [-0.15, -0.1) is 22.9 Å². The highest BCUT2D eigenvalue weighted by atomic mass is 35.5. The summed E-state index contributed by atoms with van der Waals surface area (Å²) in [5.74, 6) is 0. The molecule has 0 aromatic carbocycles. The Morgan fingerprint density at radius 2 is 2.14 bits per heavy atom. The summed E-state index contributed by atoms with van der Waals surface area (Å²) in [4.78, 5) is 5.92. The molecule has 0 amide bonds. The quantitative estimate of drug-likeness (QED) is 0.721. The number of aryl methyl sites for hydroxylation is 2. The Kier molecular flexibility index (Phi) is 2.61. The van der Waals surface area contributed by atoms with Gasteiger partial charge in [0.1, 0.15) is 0 Å². The minimum Gasteiger partial charge on any atom is -0.246 e. The molecule has 0 bridgehead atoms. The highest BCUT2D eigenvalue weighted by Crippen LogP contribution is 2.53. The average molecular weight is 230 g/mol. The zero-order valence-electron chi connectivity index (χ0n) is 8.93. The lowest BCUT2D eigenvalue weighted by atomic mass is 9.99. The van der Waals surface area contributed by atoms with Crippen molar-refractivity contribution in [2.24, 2.45) is 5.41 Å². The van der Waals surface area contributed by atoms with Gasteiger partial charge in [0.15, 0.2) is 0 Å². The summed E-state index contributed by atoms with van der Waals surface area (Å²) in [6.45, 7) is 6.33. The van der Waals surface area contributed by atoms with E-state index in [-0.39, 0.29) is 5.38 Å². The molecule has 0 saturated heterocycles. The van der Waals surface area contributed by atoms with Gasteiger partial charge in [-0.05, 0) is 39.0 Å². The third-order valence-electron chi connectivity index (χ3n) is 3.31. The number of halogens is 1. The molecule has 1 saturated carbocycles. The van der Waals surface area contributed by atoms with Gasteiger partial charge in [-0.25, -0.2) is 4.98 Å². The van der Waals surface area contributed by atoms with Gasteiger partial charge >= 0.3 is 0 Å². The van der Waals surface area contributed by atoms with Crippen LogP contribution in [0, 0.1) is 19.3 Å². The number of hydrogen-bond acceptors (Lipinski definition) is 2. The molecule has 1 aliphatic carbocycles. The molecule has 1 aromatic rings. The van der Waals surface area contributed by atoms with Gasteiger partial charge in [-0.1, -0.05) is 0 Å². The van der Waals surface area contributed by atoms with E-state index in [9.17, 15) is 0 Å². The van der Waals surface area contributed by atoms with E-state index >= 15 is 0 Å². The standard InChI is InChI=1S/C11H16ClNS/c1-7-8(2)14-10(13-7)6-11(4-5-11)9(3)12/h9H,4-6H2,1-3H3. The molecule has 0 aliphatic heterocycles. The fourth-order valence-electron chi connectivity index (χ4n) is 1.79. The van der Waals surface area contributed by atoms with Crippen molar-refractivity contribution >= 4 is 22.9 Å². The fourth-order valence-corrected chi connectivity index (χ4v) is 3.18. The van der Waals surface area contributed by atoms with Crippen molar-refractivity contribution in [2.75, 3.05) is 0 Å². The monoisotopic (exact) mass is 229 g/mol. The summed E-state index contributed by atoms with van der Waals surface area (Å²) < 4.78 is 0. The zero-order valence-corrected chi connectivity index (χ0v) is 10.5. The van der Waals surface area contributed by atoms with Crippen LogP contribution in [0.25, 0.3) is 0 Å². The zero-order chi connectivity index (χ0) is 10.3. The lowest BCUT2D eigenvalue weighted by Gasteiger charge is -2.15. The Hall–Kier alpha value is -0.0800. The summed E-state index contributed by atoms with van der Waals surface area (Å²) in [5, 5.41) is 1.55. The Labute approximate surface area is 94.5 Å². The number of rotatable bonds is 3. The maximum absolute atomic E-state index is 6.21. The van der Waals surface area contributed by atoms with Crippen molar-refractivity contribution in [3.63, 3.8) is 0 Å². The SMILES string of the molecule is Cc1nc(CC2(C(C)Cl)CC2)sc1C. The normalized spacial score (nSPS) is 20.9.